The van der Waals surface area contributed by atoms with Gasteiger partial charge in [0.05, 0.1) is 30.8 Å². The third-order valence-corrected chi connectivity index (χ3v) is 6.96. The number of aryl methyl sites for hydroxylation is 2. The number of esters is 1. The average molecular weight is 482 g/mol. The summed E-state index contributed by atoms with van der Waals surface area (Å²) in [6.45, 7) is 7.83. The molecule has 0 bridgehead atoms. The van der Waals surface area contributed by atoms with Gasteiger partial charge in [0.25, 0.3) is 5.91 Å². The number of halogens is 1. The van der Waals surface area contributed by atoms with Crippen molar-refractivity contribution in [2.45, 2.75) is 46.1 Å². The van der Waals surface area contributed by atoms with Crippen LogP contribution in [0.1, 0.15) is 54.5 Å². The van der Waals surface area contributed by atoms with Gasteiger partial charge in [-0.2, -0.15) is 5.10 Å². The van der Waals surface area contributed by atoms with E-state index in [0.717, 1.165) is 47.4 Å². The molecule has 0 aromatic heterocycles. The van der Waals surface area contributed by atoms with Crippen molar-refractivity contribution < 1.29 is 14.3 Å². The number of likely N-dealkylation sites (tertiary alicyclic amines) is 1. The maximum Gasteiger partial charge on any atom is 0.310 e. The van der Waals surface area contributed by atoms with Crippen LogP contribution in [-0.4, -0.2) is 53.7 Å². The van der Waals surface area contributed by atoms with Gasteiger partial charge in [0.1, 0.15) is 0 Å². The number of ether oxygens (including phenoxy) is 1. The Balaban J connectivity index is 1.58. The predicted molar refractivity (Wildman–Crippen MR) is 134 cm³/mol. The zero-order chi connectivity index (χ0) is 24.2. The minimum Gasteiger partial charge on any atom is -0.466 e. The lowest BCUT2D eigenvalue weighted by Gasteiger charge is -2.32. The standard InChI is InChI=1S/C27H32ClN3O3/c1-4-34-27(33)20-8-7-13-30(16-20)17-26(32)31-25(21-9-5-6-10-23(21)28)15-24(29-31)22-14-18(2)11-12-19(22)3/h5-6,9-12,14,20,25H,4,7-8,13,15-17H2,1-3H3/t20-,25+/m1/s1. The maximum atomic E-state index is 13.6. The molecule has 2 aliphatic heterocycles. The van der Waals surface area contributed by atoms with Crippen molar-refractivity contribution in [3.05, 3.63) is 69.7 Å². The van der Waals surface area contributed by atoms with E-state index in [-0.39, 0.29) is 30.4 Å². The summed E-state index contributed by atoms with van der Waals surface area (Å²) in [4.78, 5) is 27.8. The number of benzene rings is 2. The lowest BCUT2D eigenvalue weighted by molar-refractivity contribution is -0.150. The molecule has 0 spiro atoms. The smallest absolute Gasteiger partial charge is 0.310 e. The first-order valence-electron chi connectivity index (χ1n) is 12.0. The van der Waals surface area contributed by atoms with Crippen LogP contribution >= 0.6 is 11.6 Å². The molecule has 0 radical (unpaired) electrons. The molecular weight excluding hydrogens is 450 g/mol. The lowest BCUT2D eigenvalue weighted by atomic mass is 9.95. The summed E-state index contributed by atoms with van der Waals surface area (Å²) in [5, 5.41) is 7.06. The van der Waals surface area contributed by atoms with E-state index in [2.05, 4.69) is 32.0 Å². The molecule has 4 rings (SSSR count). The molecule has 2 aromatic rings. The SMILES string of the molecule is CCOC(=O)[C@@H]1CCCN(CC(=O)N2N=C(c3cc(C)ccc3C)C[C@H]2c2ccccc2Cl)C1. The molecule has 2 aliphatic rings. The third-order valence-electron chi connectivity index (χ3n) is 6.62. The van der Waals surface area contributed by atoms with Crippen LogP contribution in [0.25, 0.3) is 0 Å². The molecule has 0 aliphatic carbocycles. The molecule has 1 amide bonds. The Morgan fingerprint density at radius 1 is 1.18 bits per heavy atom. The van der Waals surface area contributed by atoms with Crippen LogP contribution in [-0.2, 0) is 14.3 Å². The first-order chi connectivity index (χ1) is 16.4. The minimum atomic E-state index is -0.262. The first-order valence-corrected chi connectivity index (χ1v) is 12.4. The highest BCUT2D eigenvalue weighted by Crippen LogP contribution is 2.37. The van der Waals surface area contributed by atoms with Crippen LogP contribution in [0.4, 0.5) is 0 Å². The molecule has 0 saturated carbocycles. The summed E-state index contributed by atoms with van der Waals surface area (Å²) in [5.74, 6) is -0.451. The van der Waals surface area contributed by atoms with E-state index in [1.807, 2.05) is 36.1 Å². The summed E-state index contributed by atoms with van der Waals surface area (Å²) in [6.07, 6.45) is 2.26. The normalized spacial score (nSPS) is 20.8. The number of hydrogen-bond donors (Lipinski definition) is 0. The number of piperidine rings is 1. The Hall–Kier alpha value is -2.70. The van der Waals surface area contributed by atoms with E-state index in [9.17, 15) is 9.59 Å². The number of carbonyl (C=O) groups excluding carboxylic acids is 2. The van der Waals surface area contributed by atoms with Gasteiger partial charge in [-0.05, 0) is 63.4 Å². The molecule has 6 nitrogen and oxygen atoms in total. The topological polar surface area (TPSA) is 62.2 Å². The van der Waals surface area contributed by atoms with Gasteiger partial charge >= 0.3 is 5.97 Å². The van der Waals surface area contributed by atoms with Crippen molar-refractivity contribution in [2.75, 3.05) is 26.2 Å². The van der Waals surface area contributed by atoms with Crippen molar-refractivity contribution >= 4 is 29.2 Å². The van der Waals surface area contributed by atoms with Crippen LogP contribution in [0.15, 0.2) is 47.6 Å². The first kappa shape index (κ1) is 24.4. The Morgan fingerprint density at radius 3 is 2.74 bits per heavy atom. The van der Waals surface area contributed by atoms with Crippen LogP contribution in [0.5, 0.6) is 0 Å². The lowest BCUT2D eigenvalue weighted by Crippen LogP contribution is -2.44. The highest BCUT2D eigenvalue weighted by Gasteiger charge is 2.36. The van der Waals surface area contributed by atoms with Crippen molar-refractivity contribution in [3.63, 3.8) is 0 Å². The largest absolute Gasteiger partial charge is 0.466 e. The molecule has 0 N–H and O–H groups in total. The number of hydrazone groups is 1. The van der Waals surface area contributed by atoms with E-state index in [4.69, 9.17) is 21.4 Å². The monoisotopic (exact) mass is 481 g/mol. The van der Waals surface area contributed by atoms with Crippen LogP contribution in [0.3, 0.4) is 0 Å². The Bertz CT molecular complexity index is 1100. The maximum absolute atomic E-state index is 13.6. The van der Waals surface area contributed by atoms with Gasteiger partial charge in [-0.3, -0.25) is 14.5 Å². The molecule has 34 heavy (non-hydrogen) atoms. The van der Waals surface area contributed by atoms with Crippen LogP contribution < -0.4 is 0 Å². The second-order valence-electron chi connectivity index (χ2n) is 9.17. The third kappa shape index (κ3) is 5.34. The van der Waals surface area contributed by atoms with E-state index < -0.39 is 0 Å². The molecule has 180 valence electrons. The molecule has 7 heteroatoms. The zero-order valence-corrected chi connectivity index (χ0v) is 20.8. The van der Waals surface area contributed by atoms with E-state index in [1.165, 1.54) is 0 Å². The molecule has 0 unspecified atom stereocenters. The highest BCUT2D eigenvalue weighted by atomic mass is 35.5. The van der Waals surface area contributed by atoms with Gasteiger partial charge in [-0.15, -0.1) is 0 Å². The van der Waals surface area contributed by atoms with E-state index in [1.54, 1.807) is 5.01 Å². The Labute approximate surface area is 206 Å². The summed E-state index contributed by atoms with van der Waals surface area (Å²) in [6, 6.07) is 13.7. The van der Waals surface area contributed by atoms with Crippen LogP contribution in [0.2, 0.25) is 5.02 Å². The highest BCUT2D eigenvalue weighted by molar-refractivity contribution is 6.31. The fourth-order valence-electron chi connectivity index (χ4n) is 4.85. The van der Waals surface area contributed by atoms with Crippen molar-refractivity contribution in [3.8, 4) is 0 Å². The summed E-state index contributed by atoms with van der Waals surface area (Å²) in [5.41, 5.74) is 5.13. The van der Waals surface area contributed by atoms with Gasteiger partial charge in [-0.1, -0.05) is 47.5 Å². The van der Waals surface area contributed by atoms with E-state index >= 15 is 0 Å². The second-order valence-corrected chi connectivity index (χ2v) is 9.58. The van der Waals surface area contributed by atoms with Crippen molar-refractivity contribution in [2.24, 2.45) is 11.0 Å². The quantitative estimate of drug-likeness (QED) is 0.550. The van der Waals surface area contributed by atoms with Crippen molar-refractivity contribution in [1.29, 1.82) is 0 Å². The Kier molecular flexibility index (Phi) is 7.69. The van der Waals surface area contributed by atoms with Gasteiger partial charge in [-0.25, -0.2) is 5.01 Å². The molecule has 1 saturated heterocycles. The number of hydrogen-bond acceptors (Lipinski definition) is 5. The molecular formula is C27H32ClN3O3. The molecule has 1 fully saturated rings. The predicted octanol–water partition coefficient (Wildman–Crippen LogP) is 4.91. The van der Waals surface area contributed by atoms with Crippen LogP contribution in [0, 0.1) is 19.8 Å². The van der Waals surface area contributed by atoms with E-state index in [0.29, 0.717) is 24.6 Å². The van der Waals surface area contributed by atoms with Gasteiger partial charge in [0.15, 0.2) is 0 Å². The zero-order valence-electron chi connectivity index (χ0n) is 20.1. The molecule has 2 heterocycles. The van der Waals surface area contributed by atoms with Gasteiger partial charge in [0, 0.05) is 23.6 Å². The Morgan fingerprint density at radius 2 is 1.97 bits per heavy atom. The minimum absolute atomic E-state index is 0.0882. The van der Waals surface area contributed by atoms with Gasteiger partial charge in [0.2, 0.25) is 0 Å². The second kappa shape index (κ2) is 10.7. The molecule has 2 aromatic carbocycles. The number of amides is 1. The fraction of sp³-hybridized carbons (Fsp3) is 0.444. The fourth-order valence-corrected chi connectivity index (χ4v) is 5.11. The summed E-state index contributed by atoms with van der Waals surface area (Å²) >= 11 is 6.55. The number of carbonyl (C=O) groups is 2. The summed E-state index contributed by atoms with van der Waals surface area (Å²) in [7, 11) is 0. The number of rotatable bonds is 6. The summed E-state index contributed by atoms with van der Waals surface area (Å²) < 4.78 is 5.21. The van der Waals surface area contributed by atoms with Gasteiger partial charge < -0.3 is 4.74 Å². The number of nitrogens with zero attached hydrogens (tertiary/aromatic N) is 3. The van der Waals surface area contributed by atoms with Crippen molar-refractivity contribution in [1.82, 2.24) is 9.91 Å². The average Bonchev–Trinajstić information content (AvgIpc) is 3.26. The molecule has 2 atom stereocenters.